The molecule has 0 spiro atoms. The van der Waals surface area contributed by atoms with E-state index in [4.69, 9.17) is 0 Å². The molecule has 8 heteroatoms. The third-order valence-electron chi connectivity index (χ3n) is 5.87. The number of nitrogens with zero attached hydrogens (tertiary/aromatic N) is 1. The second-order valence-electron chi connectivity index (χ2n) is 8.02. The van der Waals surface area contributed by atoms with Gasteiger partial charge in [-0.25, -0.2) is 8.42 Å². The summed E-state index contributed by atoms with van der Waals surface area (Å²) in [7, 11) is -3.59. The number of piperidine rings is 2. The molecule has 2 fully saturated rings. The van der Waals surface area contributed by atoms with Gasteiger partial charge in [0.25, 0.3) is 5.91 Å². The molecule has 0 aliphatic carbocycles. The molecule has 3 rings (SSSR count). The van der Waals surface area contributed by atoms with Gasteiger partial charge < -0.3 is 10.6 Å². The largest absolute Gasteiger partial charge is 0.348 e. The van der Waals surface area contributed by atoms with Crippen LogP contribution in [-0.4, -0.2) is 50.9 Å². The van der Waals surface area contributed by atoms with Gasteiger partial charge in [-0.05, 0) is 75.3 Å². The lowest BCUT2D eigenvalue weighted by Gasteiger charge is -2.30. The topological polar surface area (TPSA) is 78.5 Å². The molecule has 0 saturated carbocycles. The number of carbonyl (C=O) groups excluding carboxylic acids is 1. The average molecular weight is 430 g/mol. The van der Waals surface area contributed by atoms with Gasteiger partial charge in [0.15, 0.2) is 0 Å². The Balaban J connectivity index is 0.00000280. The summed E-state index contributed by atoms with van der Waals surface area (Å²) in [5.41, 5.74) is 1.98. The molecule has 0 aromatic heterocycles. The van der Waals surface area contributed by atoms with Gasteiger partial charge in [-0.1, -0.05) is 6.92 Å². The first kappa shape index (κ1) is 23.1. The fourth-order valence-electron chi connectivity index (χ4n) is 3.83. The van der Waals surface area contributed by atoms with Crippen molar-refractivity contribution in [1.82, 2.24) is 14.9 Å². The summed E-state index contributed by atoms with van der Waals surface area (Å²) in [4.78, 5) is 13.0. The maximum atomic E-state index is 13.2. The summed E-state index contributed by atoms with van der Waals surface area (Å²) in [6.45, 7) is 8.68. The number of rotatable bonds is 4. The first-order chi connectivity index (χ1) is 12.8. The Morgan fingerprint density at radius 3 is 2.46 bits per heavy atom. The molecule has 2 aliphatic heterocycles. The first-order valence-corrected chi connectivity index (χ1v) is 11.4. The number of hydrogen-bond acceptors (Lipinski definition) is 4. The van der Waals surface area contributed by atoms with Crippen LogP contribution in [-0.2, 0) is 10.0 Å². The minimum atomic E-state index is -3.59. The molecule has 0 bridgehead atoms. The molecule has 2 aliphatic rings. The van der Waals surface area contributed by atoms with Crippen molar-refractivity contribution in [2.75, 3.05) is 26.2 Å². The Labute approximate surface area is 174 Å². The Kier molecular flexibility index (Phi) is 7.90. The predicted molar refractivity (Wildman–Crippen MR) is 114 cm³/mol. The maximum absolute atomic E-state index is 13.2. The van der Waals surface area contributed by atoms with E-state index in [1.54, 1.807) is 16.4 Å². The second kappa shape index (κ2) is 9.57. The summed E-state index contributed by atoms with van der Waals surface area (Å²) in [6, 6.07) is 3.44. The van der Waals surface area contributed by atoms with Crippen molar-refractivity contribution in [3.63, 3.8) is 0 Å². The van der Waals surface area contributed by atoms with Crippen LogP contribution in [0.25, 0.3) is 0 Å². The molecule has 2 N–H and O–H groups in total. The number of carbonyl (C=O) groups is 1. The fraction of sp³-hybridized carbons (Fsp3) is 0.650. The van der Waals surface area contributed by atoms with E-state index in [1.165, 1.54) is 0 Å². The highest BCUT2D eigenvalue weighted by molar-refractivity contribution is 7.89. The number of aryl methyl sites for hydroxylation is 1. The molecular weight excluding hydrogens is 398 g/mol. The number of amides is 1. The van der Waals surface area contributed by atoms with Crippen molar-refractivity contribution >= 4 is 28.3 Å². The molecule has 28 heavy (non-hydrogen) atoms. The summed E-state index contributed by atoms with van der Waals surface area (Å²) >= 11 is 0. The highest BCUT2D eigenvalue weighted by Crippen LogP contribution is 2.28. The smallest absolute Gasteiger partial charge is 0.251 e. The van der Waals surface area contributed by atoms with E-state index in [1.807, 2.05) is 13.8 Å². The van der Waals surface area contributed by atoms with E-state index in [2.05, 4.69) is 17.6 Å². The second-order valence-corrected chi connectivity index (χ2v) is 9.93. The molecule has 2 heterocycles. The summed E-state index contributed by atoms with van der Waals surface area (Å²) in [5, 5.41) is 6.31. The van der Waals surface area contributed by atoms with E-state index in [0.29, 0.717) is 24.6 Å². The van der Waals surface area contributed by atoms with Crippen LogP contribution in [0.1, 0.15) is 54.1 Å². The van der Waals surface area contributed by atoms with Crippen LogP contribution in [0.2, 0.25) is 0 Å². The standard InChI is InChI=1S/C20H31N3O3S.ClH/c1-14-6-9-23(10-7-14)27(25,26)19-12-17(11-15(2)16(19)3)20(24)22-18-5-4-8-21-13-18;/h11-12,14,18,21H,4-10,13H2,1-3H3,(H,22,24);1H/t18-;/m0./s1. The number of hydrogen-bond donors (Lipinski definition) is 2. The van der Waals surface area contributed by atoms with Crippen molar-refractivity contribution in [2.24, 2.45) is 5.92 Å². The van der Waals surface area contributed by atoms with Crippen LogP contribution in [0, 0.1) is 19.8 Å². The van der Waals surface area contributed by atoms with E-state index < -0.39 is 10.0 Å². The number of halogens is 1. The Morgan fingerprint density at radius 1 is 1.18 bits per heavy atom. The summed E-state index contributed by atoms with van der Waals surface area (Å²) < 4.78 is 28.0. The molecule has 1 aromatic carbocycles. The van der Waals surface area contributed by atoms with E-state index in [-0.39, 0.29) is 29.3 Å². The fourth-order valence-corrected chi connectivity index (χ4v) is 5.63. The number of benzene rings is 1. The molecule has 1 aromatic rings. The summed E-state index contributed by atoms with van der Waals surface area (Å²) in [6.07, 6.45) is 3.74. The van der Waals surface area contributed by atoms with Crippen LogP contribution in [0.5, 0.6) is 0 Å². The minimum Gasteiger partial charge on any atom is -0.348 e. The quantitative estimate of drug-likeness (QED) is 0.771. The SMILES string of the molecule is Cc1cc(C(=O)N[C@H]2CCCNC2)cc(S(=O)(=O)N2CCC(C)CC2)c1C.Cl. The number of nitrogens with one attached hydrogen (secondary N) is 2. The van der Waals surface area contributed by atoms with Crippen molar-refractivity contribution in [2.45, 2.75) is 57.4 Å². The van der Waals surface area contributed by atoms with Crippen LogP contribution in [0.4, 0.5) is 0 Å². The Hall–Kier alpha value is -1.15. The molecule has 2 saturated heterocycles. The minimum absolute atomic E-state index is 0. The lowest BCUT2D eigenvalue weighted by Crippen LogP contribution is -2.45. The third kappa shape index (κ3) is 5.06. The monoisotopic (exact) mass is 429 g/mol. The zero-order valence-corrected chi connectivity index (χ0v) is 18.6. The van der Waals surface area contributed by atoms with Crippen molar-refractivity contribution in [3.8, 4) is 0 Å². The Morgan fingerprint density at radius 2 is 1.86 bits per heavy atom. The van der Waals surface area contributed by atoms with Gasteiger partial charge >= 0.3 is 0 Å². The van der Waals surface area contributed by atoms with Crippen molar-refractivity contribution in [3.05, 3.63) is 28.8 Å². The lowest BCUT2D eigenvalue weighted by atomic mass is 10.0. The molecule has 1 atom stereocenters. The first-order valence-electron chi connectivity index (χ1n) is 9.92. The highest BCUT2D eigenvalue weighted by atomic mass is 35.5. The van der Waals surface area contributed by atoms with Crippen LogP contribution >= 0.6 is 12.4 Å². The lowest BCUT2D eigenvalue weighted by molar-refractivity contribution is 0.0930. The van der Waals surface area contributed by atoms with E-state index in [9.17, 15) is 13.2 Å². The molecular formula is C20H32ClN3O3S. The van der Waals surface area contributed by atoms with Gasteiger partial charge in [-0.3, -0.25) is 4.79 Å². The van der Waals surface area contributed by atoms with E-state index >= 15 is 0 Å². The van der Waals surface area contributed by atoms with Crippen LogP contribution in [0.15, 0.2) is 17.0 Å². The van der Waals surface area contributed by atoms with Crippen LogP contribution < -0.4 is 10.6 Å². The molecule has 0 unspecified atom stereocenters. The zero-order valence-electron chi connectivity index (χ0n) is 17.0. The predicted octanol–water partition coefficient (Wildman–Crippen LogP) is 2.63. The van der Waals surface area contributed by atoms with Crippen molar-refractivity contribution in [1.29, 1.82) is 0 Å². The third-order valence-corrected chi connectivity index (χ3v) is 7.90. The van der Waals surface area contributed by atoms with Gasteiger partial charge in [-0.2, -0.15) is 4.31 Å². The van der Waals surface area contributed by atoms with Crippen LogP contribution in [0.3, 0.4) is 0 Å². The molecule has 1 amide bonds. The molecule has 0 radical (unpaired) electrons. The Bertz CT molecular complexity index is 799. The highest BCUT2D eigenvalue weighted by Gasteiger charge is 2.30. The average Bonchev–Trinajstić information content (AvgIpc) is 2.64. The van der Waals surface area contributed by atoms with Gasteiger partial charge in [-0.15, -0.1) is 12.4 Å². The van der Waals surface area contributed by atoms with Crippen molar-refractivity contribution < 1.29 is 13.2 Å². The zero-order chi connectivity index (χ0) is 19.6. The molecule has 158 valence electrons. The summed E-state index contributed by atoms with van der Waals surface area (Å²) in [5.74, 6) is 0.357. The van der Waals surface area contributed by atoms with Gasteiger partial charge in [0.05, 0.1) is 4.90 Å². The van der Waals surface area contributed by atoms with Gasteiger partial charge in [0.2, 0.25) is 10.0 Å². The van der Waals surface area contributed by atoms with E-state index in [0.717, 1.165) is 49.9 Å². The number of sulfonamides is 1. The van der Waals surface area contributed by atoms with Gasteiger partial charge in [0, 0.05) is 31.2 Å². The van der Waals surface area contributed by atoms with Gasteiger partial charge in [0.1, 0.15) is 0 Å². The molecule has 6 nitrogen and oxygen atoms in total. The maximum Gasteiger partial charge on any atom is 0.251 e. The normalized spacial score (nSPS) is 21.8.